The molecule has 5 aliphatic rings. The summed E-state index contributed by atoms with van der Waals surface area (Å²) in [5.74, 6) is 1.05. The van der Waals surface area contributed by atoms with Gasteiger partial charge in [-0.3, -0.25) is 4.98 Å². The number of rotatable bonds is 2. The highest BCUT2D eigenvalue weighted by Crippen LogP contribution is 2.62. The van der Waals surface area contributed by atoms with Crippen molar-refractivity contribution in [2.24, 2.45) is 5.92 Å². The van der Waals surface area contributed by atoms with Gasteiger partial charge in [-0.2, -0.15) is 0 Å². The van der Waals surface area contributed by atoms with E-state index >= 15 is 0 Å². The fourth-order valence-electron chi connectivity index (χ4n) is 7.41. The number of piperidine rings is 1. The number of hydrogen-bond donors (Lipinski definition) is 1. The van der Waals surface area contributed by atoms with Gasteiger partial charge in [0.1, 0.15) is 6.10 Å². The first-order chi connectivity index (χ1) is 16.6. The fraction of sp³-hybridized carbons (Fsp3) is 0.481. The summed E-state index contributed by atoms with van der Waals surface area (Å²) in [7, 11) is 2.20. The Balaban J connectivity index is 1.23. The van der Waals surface area contributed by atoms with E-state index in [9.17, 15) is 9.90 Å². The number of amides is 1. The summed E-state index contributed by atoms with van der Waals surface area (Å²) in [5, 5.41) is 10.7. The summed E-state index contributed by atoms with van der Waals surface area (Å²) in [6.45, 7) is 1.63. The molecule has 0 unspecified atom stereocenters. The molecule has 7 heteroatoms. The van der Waals surface area contributed by atoms with Crippen molar-refractivity contribution < 1.29 is 19.4 Å². The predicted octanol–water partition coefficient (Wildman–Crippen LogP) is 3.57. The molecule has 1 spiro atoms. The number of aromatic nitrogens is 1. The molecule has 1 N–H and O–H groups in total. The summed E-state index contributed by atoms with van der Waals surface area (Å²) < 4.78 is 12.7. The summed E-state index contributed by atoms with van der Waals surface area (Å²) in [5.41, 5.74) is 3.16. The maximum Gasteiger partial charge on any atom is 0.411 e. The molecule has 2 bridgehead atoms. The monoisotopic (exact) mass is 459 g/mol. The van der Waals surface area contributed by atoms with Crippen molar-refractivity contribution >= 4 is 6.09 Å². The van der Waals surface area contributed by atoms with Gasteiger partial charge in [0, 0.05) is 41.9 Å². The van der Waals surface area contributed by atoms with Gasteiger partial charge in [-0.05, 0) is 68.6 Å². The van der Waals surface area contributed by atoms with Gasteiger partial charge in [0.2, 0.25) is 0 Å². The third-order valence-corrected chi connectivity index (χ3v) is 8.92. The lowest BCUT2D eigenvalue weighted by Crippen LogP contribution is -2.65. The molecule has 176 valence electrons. The SMILES string of the molecule is CN1CC[C@]23c4c5ccc(O)c4O[C@H]2[C@@H](OC(=O)N2CCC[C@@H]2c2cccnc2)C=C[C@H]3[C@H]1C5. The zero-order valence-corrected chi connectivity index (χ0v) is 19.3. The van der Waals surface area contributed by atoms with Crippen LogP contribution in [0.1, 0.15) is 42.0 Å². The van der Waals surface area contributed by atoms with Gasteiger partial charge in [-0.1, -0.05) is 18.2 Å². The van der Waals surface area contributed by atoms with E-state index in [1.807, 2.05) is 35.4 Å². The van der Waals surface area contributed by atoms with Crippen molar-refractivity contribution in [3.05, 3.63) is 65.5 Å². The summed E-state index contributed by atoms with van der Waals surface area (Å²) in [6.07, 6.45) is 10.4. The smallest absolute Gasteiger partial charge is 0.411 e. The summed E-state index contributed by atoms with van der Waals surface area (Å²) >= 11 is 0. The van der Waals surface area contributed by atoms with Gasteiger partial charge in [0.05, 0.1) is 6.04 Å². The van der Waals surface area contributed by atoms with Gasteiger partial charge in [-0.15, -0.1) is 0 Å². The average Bonchev–Trinajstić information content (AvgIpc) is 3.48. The molecule has 7 nitrogen and oxygen atoms in total. The maximum absolute atomic E-state index is 13.4. The van der Waals surface area contributed by atoms with E-state index in [4.69, 9.17) is 9.47 Å². The fourth-order valence-corrected chi connectivity index (χ4v) is 7.41. The number of benzene rings is 1. The molecule has 1 aromatic carbocycles. The molecular weight excluding hydrogens is 430 g/mol. The van der Waals surface area contributed by atoms with Crippen LogP contribution >= 0.6 is 0 Å². The van der Waals surface area contributed by atoms with Crippen LogP contribution in [0.25, 0.3) is 0 Å². The van der Waals surface area contributed by atoms with E-state index in [0.717, 1.165) is 43.4 Å². The molecule has 7 rings (SSSR count). The first-order valence-electron chi connectivity index (χ1n) is 12.4. The average molecular weight is 460 g/mol. The first kappa shape index (κ1) is 20.3. The number of phenols is 1. The van der Waals surface area contributed by atoms with Crippen LogP contribution in [0.15, 0.2) is 48.8 Å². The molecule has 4 heterocycles. The van der Waals surface area contributed by atoms with Crippen molar-refractivity contribution in [1.82, 2.24) is 14.8 Å². The minimum atomic E-state index is -0.499. The van der Waals surface area contributed by atoms with E-state index < -0.39 is 6.10 Å². The van der Waals surface area contributed by atoms with Crippen molar-refractivity contribution in [2.45, 2.75) is 55.4 Å². The second kappa shape index (κ2) is 7.22. The number of ether oxygens (including phenoxy) is 2. The Morgan fingerprint density at radius 1 is 1.26 bits per heavy atom. The molecule has 2 saturated heterocycles. The minimum Gasteiger partial charge on any atom is -0.504 e. The molecule has 2 aliphatic carbocycles. The van der Waals surface area contributed by atoms with Gasteiger partial charge < -0.3 is 24.4 Å². The highest BCUT2D eigenvalue weighted by Gasteiger charge is 2.65. The molecule has 1 aromatic heterocycles. The number of hydrogen-bond acceptors (Lipinski definition) is 6. The lowest BCUT2D eigenvalue weighted by Gasteiger charge is -2.56. The largest absolute Gasteiger partial charge is 0.504 e. The van der Waals surface area contributed by atoms with E-state index in [2.05, 4.69) is 23.0 Å². The van der Waals surface area contributed by atoms with E-state index in [0.29, 0.717) is 18.3 Å². The van der Waals surface area contributed by atoms with Crippen molar-refractivity contribution in [3.8, 4) is 11.5 Å². The number of carbonyl (C=O) groups excluding carboxylic acids is 1. The van der Waals surface area contributed by atoms with Crippen LogP contribution in [0.4, 0.5) is 4.79 Å². The van der Waals surface area contributed by atoms with Crippen LogP contribution in [0, 0.1) is 5.92 Å². The number of aromatic hydroxyl groups is 1. The van der Waals surface area contributed by atoms with Gasteiger partial charge in [-0.25, -0.2) is 4.79 Å². The molecule has 3 aliphatic heterocycles. The Labute approximate surface area is 199 Å². The minimum absolute atomic E-state index is 0.0144. The van der Waals surface area contributed by atoms with Crippen LogP contribution in [-0.2, 0) is 16.6 Å². The highest BCUT2D eigenvalue weighted by atomic mass is 16.6. The van der Waals surface area contributed by atoms with Crippen molar-refractivity contribution in [1.29, 1.82) is 0 Å². The molecule has 6 atom stereocenters. The Kier molecular flexibility index (Phi) is 4.31. The van der Waals surface area contributed by atoms with Crippen molar-refractivity contribution in [2.75, 3.05) is 20.1 Å². The maximum atomic E-state index is 13.4. The Bertz CT molecular complexity index is 1180. The van der Waals surface area contributed by atoms with Crippen LogP contribution < -0.4 is 4.74 Å². The van der Waals surface area contributed by atoms with Crippen molar-refractivity contribution in [3.63, 3.8) is 0 Å². The molecular formula is C27H29N3O4. The molecule has 2 fully saturated rings. The van der Waals surface area contributed by atoms with E-state index in [-0.39, 0.29) is 35.3 Å². The van der Waals surface area contributed by atoms with E-state index in [1.165, 1.54) is 5.56 Å². The normalized spacial score (nSPS) is 35.1. The third-order valence-electron chi connectivity index (χ3n) is 8.92. The topological polar surface area (TPSA) is 75.1 Å². The quantitative estimate of drug-likeness (QED) is 0.692. The predicted molar refractivity (Wildman–Crippen MR) is 125 cm³/mol. The Morgan fingerprint density at radius 2 is 2.18 bits per heavy atom. The Morgan fingerprint density at radius 3 is 3.03 bits per heavy atom. The first-order valence-corrected chi connectivity index (χ1v) is 12.4. The van der Waals surface area contributed by atoms with Crippen LogP contribution in [-0.4, -0.2) is 64.4 Å². The zero-order valence-electron chi connectivity index (χ0n) is 19.3. The molecule has 34 heavy (non-hydrogen) atoms. The van der Waals surface area contributed by atoms with Crippen LogP contribution in [0.2, 0.25) is 0 Å². The number of likely N-dealkylation sites (N-methyl/N-ethyl adjacent to an activating group) is 1. The Hall–Kier alpha value is -3.06. The third kappa shape index (κ3) is 2.62. The van der Waals surface area contributed by atoms with Crippen LogP contribution in [0.3, 0.4) is 0 Å². The summed E-state index contributed by atoms with van der Waals surface area (Å²) in [4.78, 5) is 22.0. The standard InChI is InChI=1S/C27H29N3O4/c1-29-13-10-27-18-7-9-22(25(27)34-24-21(31)8-6-16(23(24)27)14-20(18)29)33-26(32)30-12-3-5-19(30)17-4-2-11-28-15-17/h2,4,6-9,11,15,18-20,22,25,31H,3,5,10,12-14H2,1H3/t18-,19+,20+,22-,25-,27-/m0/s1. The molecule has 0 radical (unpaired) electrons. The molecule has 2 aromatic rings. The number of pyridine rings is 1. The highest BCUT2D eigenvalue weighted by molar-refractivity contribution is 5.70. The van der Waals surface area contributed by atoms with E-state index in [1.54, 1.807) is 12.3 Å². The summed E-state index contributed by atoms with van der Waals surface area (Å²) in [6, 6.07) is 8.09. The lowest BCUT2D eigenvalue weighted by atomic mass is 9.53. The zero-order chi connectivity index (χ0) is 23.0. The molecule has 1 amide bonds. The number of carbonyl (C=O) groups is 1. The van der Waals surface area contributed by atoms with Gasteiger partial charge >= 0.3 is 6.09 Å². The lowest BCUT2D eigenvalue weighted by molar-refractivity contribution is -0.0554. The van der Waals surface area contributed by atoms with Gasteiger partial charge in [0.25, 0.3) is 0 Å². The number of phenolic OH excluding ortho intramolecular Hbond substituents is 1. The number of likely N-dealkylation sites (tertiary alicyclic amines) is 2. The van der Waals surface area contributed by atoms with Crippen LogP contribution in [0.5, 0.6) is 11.5 Å². The molecule has 0 saturated carbocycles. The number of nitrogens with zero attached hydrogens (tertiary/aromatic N) is 3. The second-order valence-electron chi connectivity index (χ2n) is 10.4. The second-order valence-corrected chi connectivity index (χ2v) is 10.4. The van der Waals surface area contributed by atoms with Gasteiger partial charge in [0.15, 0.2) is 17.6 Å².